The highest BCUT2D eigenvalue weighted by atomic mass is 35.5. The number of alkyl carbamates (subject to hydrolysis) is 1. The van der Waals surface area contributed by atoms with Crippen LogP contribution >= 0.6 is 23.2 Å². The number of benzene rings is 1. The zero-order valence-electron chi connectivity index (χ0n) is 9.64. The molecule has 1 aromatic carbocycles. The lowest BCUT2D eigenvalue weighted by molar-refractivity contribution is 0.167. The molecule has 0 aliphatic carbocycles. The van der Waals surface area contributed by atoms with Gasteiger partial charge in [0.2, 0.25) is 0 Å². The SMILES string of the molecule is COC(=O)NC(/N=C(\N)c1ccccc1)C(Cl)Cl. The molecule has 7 heteroatoms. The molecule has 0 radical (unpaired) electrons. The minimum Gasteiger partial charge on any atom is -0.453 e. The van der Waals surface area contributed by atoms with Gasteiger partial charge in [0.05, 0.1) is 7.11 Å². The predicted octanol–water partition coefficient (Wildman–Crippen LogP) is 1.88. The van der Waals surface area contributed by atoms with E-state index in [4.69, 9.17) is 28.9 Å². The van der Waals surface area contributed by atoms with Crippen molar-refractivity contribution in [3.8, 4) is 0 Å². The molecular formula is C11H13Cl2N3O2. The Morgan fingerprint density at radius 2 is 2.00 bits per heavy atom. The highest BCUT2D eigenvalue weighted by Gasteiger charge is 2.19. The molecule has 1 unspecified atom stereocenters. The number of aliphatic imine (C=N–C) groups is 1. The lowest BCUT2D eigenvalue weighted by atomic mass is 10.2. The third-order valence-corrected chi connectivity index (χ3v) is 2.51. The highest BCUT2D eigenvalue weighted by Crippen LogP contribution is 2.10. The average Bonchev–Trinajstić information content (AvgIpc) is 2.38. The van der Waals surface area contributed by atoms with Crippen LogP contribution in [0.4, 0.5) is 4.79 Å². The number of carbonyl (C=O) groups excluding carboxylic acids is 1. The fourth-order valence-electron chi connectivity index (χ4n) is 1.16. The Bertz CT molecular complexity index is 424. The molecule has 0 aromatic heterocycles. The van der Waals surface area contributed by atoms with Crippen LogP contribution in [0, 0.1) is 0 Å². The van der Waals surface area contributed by atoms with E-state index in [1.54, 1.807) is 12.1 Å². The van der Waals surface area contributed by atoms with Crippen molar-refractivity contribution in [1.29, 1.82) is 0 Å². The number of amidine groups is 1. The normalized spacial score (nSPS) is 13.2. The molecule has 1 aromatic rings. The maximum atomic E-state index is 11.1. The fourth-order valence-corrected chi connectivity index (χ4v) is 1.40. The Hall–Kier alpha value is -1.46. The molecule has 0 aliphatic rings. The fraction of sp³-hybridized carbons (Fsp3) is 0.273. The van der Waals surface area contributed by atoms with Gasteiger partial charge in [-0.1, -0.05) is 30.3 Å². The summed E-state index contributed by atoms with van der Waals surface area (Å²) in [5, 5.41) is 2.37. The van der Waals surface area contributed by atoms with Gasteiger partial charge in [0.1, 0.15) is 10.7 Å². The number of rotatable bonds is 4. The zero-order valence-corrected chi connectivity index (χ0v) is 11.2. The summed E-state index contributed by atoms with van der Waals surface area (Å²) in [7, 11) is 1.23. The second-order valence-corrected chi connectivity index (χ2v) is 4.46. The lowest BCUT2D eigenvalue weighted by Gasteiger charge is -2.15. The van der Waals surface area contributed by atoms with Crippen molar-refractivity contribution < 1.29 is 9.53 Å². The third-order valence-electron chi connectivity index (χ3n) is 2.04. The molecule has 18 heavy (non-hydrogen) atoms. The number of amides is 1. The van der Waals surface area contributed by atoms with E-state index in [9.17, 15) is 4.79 Å². The molecule has 1 amide bonds. The first-order chi connectivity index (χ1) is 8.54. The molecule has 1 rings (SSSR count). The maximum absolute atomic E-state index is 11.1. The van der Waals surface area contributed by atoms with Crippen LogP contribution < -0.4 is 11.1 Å². The van der Waals surface area contributed by atoms with E-state index in [2.05, 4.69) is 15.0 Å². The van der Waals surface area contributed by atoms with Crippen LogP contribution in [0.15, 0.2) is 35.3 Å². The largest absolute Gasteiger partial charge is 0.453 e. The summed E-state index contributed by atoms with van der Waals surface area (Å²) in [6.45, 7) is 0. The number of ether oxygens (including phenoxy) is 1. The number of nitrogens with two attached hydrogens (primary N) is 1. The van der Waals surface area contributed by atoms with Crippen LogP contribution in [0.2, 0.25) is 0 Å². The molecule has 1 atom stereocenters. The van der Waals surface area contributed by atoms with Crippen molar-refractivity contribution in [2.24, 2.45) is 10.7 Å². The van der Waals surface area contributed by atoms with E-state index in [-0.39, 0.29) is 5.84 Å². The Morgan fingerprint density at radius 3 is 2.50 bits per heavy atom. The van der Waals surface area contributed by atoms with E-state index in [0.29, 0.717) is 5.56 Å². The van der Waals surface area contributed by atoms with Gasteiger partial charge in [-0.3, -0.25) is 5.32 Å². The van der Waals surface area contributed by atoms with Crippen molar-refractivity contribution in [3.63, 3.8) is 0 Å². The van der Waals surface area contributed by atoms with Gasteiger partial charge in [-0.15, -0.1) is 23.2 Å². The lowest BCUT2D eigenvalue weighted by Crippen LogP contribution is -2.39. The van der Waals surface area contributed by atoms with Gasteiger partial charge in [-0.25, -0.2) is 9.79 Å². The van der Waals surface area contributed by atoms with Crippen LogP contribution in [-0.4, -0.2) is 30.0 Å². The van der Waals surface area contributed by atoms with Gasteiger partial charge < -0.3 is 10.5 Å². The van der Waals surface area contributed by atoms with Crippen molar-refractivity contribution >= 4 is 35.1 Å². The van der Waals surface area contributed by atoms with Crippen LogP contribution in [0.3, 0.4) is 0 Å². The number of hydrogen-bond donors (Lipinski definition) is 2. The summed E-state index contributed by atoms with van der Waals surface area (Å²) < 4.78 is 4.44. The Balaban J connectivity index is 2.85. The number of methoxy groups -OCH3 is 1. The summed E-state index contributed by atoms with van der Waals surface area (Å²) in [6.07, 6.45) is -1.56. The summed E-state index contributed by atoms with van der Waals surface area (Å²) in [5.74, 6) is 0.225. The number of hydrogen-bond acceptors (Lipinski definition) is 3. The molecule has 0 heterocycles. The van der Waals surface area contributed by atoms with Crippen LogP contribution in [0.5, 0.6) is 0 Å². The minimum absolute atomic E-state index is 0.225. The predicted molar refractivity (Wildman–Crippen MR) is 72.0 cm³/mol. The molecule has 0 aliphatic heterocycles. The first kappa shape index (κ1) is 14.6. The number of halogens is 2. The van der Waals surface area contributed by atoms with Gasteiger partial charge in [0.25, 0.3) is 0 Å². The molecule has 0 fully saturated rings. The summed E-state index contributed by atoms with van der Waals surface area (Å²) >= 11 is 11.4. The smallest absolute Gasteiger partial charge is 0.408 e. The standard InChI is InChI=1S/C11H13Cl2N3O2/c1-18-11(17)16-10(8(12)13)15-9(14)7-5-3-2-4-6-7/h2-6,8,10H,1H3,(H2,14,15)(H,16,17). The highest BCUT2D eigenvalue weighted by molar-refractivity contribution is 6.44. The van der Waals surface area contributed by atoms with Crippen molar-refractivity contribution in [3.05, 3.63) is 35.9 Å². The van der Waals surface area contributed by atoms with Crippen molar-refractivity contribution in [1.82, 2.24) is 5.32 Å². The van der Waals surface area contributed by atoms with Gasteiger partial charge in [-0.2, -0.15) is 0 Å². The quantitative estimate of drug-likeness (QED) is 0.505. The van der Waals surface area contributed by atoms with Crippen LogP contribution in [-0.2, 0) is 4.74 Å². The molecule has 5 nitrogen and oxygen atoms in total. The second-order valence-electron chi connectivity index (χ2n) is 3.30. The monoisotopic (exact) mass is 289 g/mol. The molecule has 98 valence electrons. The molecule has 0 saturated heterocycles. The number of alkyl halides is 2. The number of nitrogens with zero attached hydrogens (tertiary/aromatic N) is 1. The van der Waals surface area contributed by atoms with Crippen molar-refractivity contribution in [2.75, 3.05) is 7.11 Å². The molecular weight excluding hydrogens is 277 g/mol. The summed E-state index contributed by atoms with van der Waals surface area (Å²) in [5.41, 5.74) is 6.50. The van der Waals surface area contributed by atoms with E-state index in [0.717, 1.165) is 0 Å². The van der Waals surface area contributed by atoms with Gasteiger partial charge in [0.15, 0.2) is 6.17 Å². The summed E-state index contributed by atoms with van der Waals surface area (Å²) in [4.78, 5) is 14.2. The third kappa shape index (κ3) is 4.43. The average molecular weight is 290 g/mol. The van der Waals surface area contributed by atoms with Crippen molar-refractivity contribution in [2.45, 2.75) is 11.0 Å². The zero-order chi connectivity index (χ0) is 13.5. The van der Waals surface area contributed by atoms with Crippen LogP contribution in [0.25, 0.3) is 0 Å². The van der Waals surface area contributed by atoms with E-state index < -0.39 is 17.1 Å². The van der Waals surface area contributed by atoms with E-state index in [1.807, 2.05) is 18.2 Å². The maximum Gasteiger partial charge on any atom is 0.408 e. The first-order valence-corrected chi connectivity index (χ1v) is 5.93. The Labute approximate surface area is 115 Å². The van der Waals surface area contributed by atoms with Gasteiger partial charge in [-0.05, 0) is 0 Å². The Morgan fingerprint density at radius 1 is 1.39 bits per heavy atom. The van der Waals surface area contributed by atoms with E-state index >= 15 is 0 Å². The number of carbonyl (C=O) groups is 1. The second kappa shape index (κ2) is 7.08. The van der Waals surface area contributed by atoms with Gasteiger partial charge >= 0.3 is 6.09 Å². The molecule has 0 spiro atoms. The number of nitrogens with one attached hydrogen (secondary N) is 1. The summed E-state index contributed by atoms with van der Waals surface area (Å²) in [6, 6.07) is 9.06. The van der Waals surface area contributed by atoms with Crippen LogP contribution in [0.1, 0.15) is 5.56 Å². The van der Waals surface area contributed by atoms with E-state index in [1.165, 1.54) is 7.11 Å². The topological polar surface area (TPSA) is 76.7 Å². The Kier molecular flexibility index (Phi) is 5.74. The molecule has 3 N–H and O–H groups in total. The first-order valence-electron chi connectivity index (χ1n) is 5.06. The van der Waals surface area contributed by atoms with Gasteiger partial charge in [0, 0.05) is 5.56 Å². The molecule has 0 bridgehead atoms. The minimum atomic E-state index is -0.939. The molecule has 0 saturated carbocycles.